The van der Waals surface area contributed by atoms with Crippen LogP contribution < -0.4 is 11.2 Å². The van der Waals surface area contributed by atoms with E-state index < -0.39 is 0 Å². The van der Waals surface area contributed by atoms with E-state index in [1.54, 1.807) is 0 Å². The Morgan fingerprint density at radius 1 is 1.57 bits per heavy atom. The lowest BCUT2D eigenvalue weighted by molar-refractivity contribution is 0.832. The number of nitrogens with zero attached hydrogens (tertiary/aromatic N) is 2. The summed E-state index contributed by atoms with van der Waals surface area (Å²) in [6.45, 7) is 4.07. The molecule has 0 saturated heterocycles. The molecule has 0 fully saturated rings. The molecule has 0 bridgehead atoms. The Morgan fingerprint density at radius 3 is 2.93 bits per heavy atom. The van der Waals surface area contributed by atoms with E-state index in [0.717, 1.165) is 23.2 Å². The number of pyridine rings is 1. The molecule has 3 heteroatoms. The van der Waals surface area contributed by atoms with Gasteiger partial charge in [-0.1, -0.05) is 13.0 Å². The third-order valence-electron chi connectivity index (χ3n) is 2.04. The molecule has 0 radical (unpaired) electrons. The molecule has 1 heterocycles. The molecule has 2 N–H and O–H groups in total. The Kier molecular flexibility index (Phi) is 3.51. The number of allylic oxidation sites excluding steroid dienone is 1. The second-order valence-corrected chi connectivity index (χ2v) is 3.30. The molecular weight excluding hydrogens is 174 g/mol. The minimum Gasteiger partial charge on any atom is -0.397 e. The Bertz CT molecular complexity index is 399. The molecule has 0 unspecified atom stereocenters. The zero-order valence-corrected chi connectivity index (χ0v) is 8.99. The van der Waals surface area contributed by atoms with Gasteiger partial charge in [-0.15, -0.1) is 0 Å². The van der Waals surface area contributed by atoms with Crippen molar-refractivity contribution in [3.05, 3.63) is 35.6 Å². The average Bonchev–Trinajstić information content (AvgIpc) is 2.14. The molecule has 0 aromatic carbocycles. The Labute approximate surface area is 84.6 Å². The van der Waals surface area contributed by atoms with Crippen LogP contribution in [0.2, 0.25) is 0 Å². The van der Waals surface area contributed by atoms with E-state index in [1.807, 2.05) is 43.1 Å². The number of rotatable bonds is 2. The van der Waals surface area contributed by atoms with E-state index >= 15 is 0 Å². The third kappa shape index (κ3) is 2.49. The predicted octanol–water partition coefficient (Wildman–Crippen LogP) is 1.74. The molecule has 0 aliphatic rings. The van der Waals surface area contributed by atoms with Gasteiger partial charge in [0.2, 0.25) is 0 Å². The summed E-state index contributed by atoms with van der Waals surface area (Å²) < 4.78 is 1.92. The van der Waals surface area contributed by atoms with Crippen molar-refractivity contribution in [2.24, 2.45) is 12.0 Å². The van der Waals surface area contributed by atoms with Gasteiger partial charge < -0.3 is 10.3 Å². The summed E-state index contributed by atoms with van der Waals surface area (Å²) in [6.07, 6.45) is 6.73. The van der Waals surface area contributed by atoms with E-state index in [2.05, 4.69) is 11.9 Å². The van der Waals surface area contributed by atoms with Crippen LogP contribution in [0.1, 0.15) is 18.9 Å². The summed E-state index contributed by atoms with van der Waals surface area (Å²) in [7, 11) is 1.94. The van der Waals surface area contributed by atoms with Gasteiger partial charge in [0.25, 0.3) is 0 Å². The summed E-state index contributed by atoms with van der Waals surface area (Å²) in [6, 6.07) is 1.98. The summed E-state index contributed by atoms with van der Waals surface area (Å²) in [4.78, 5) is 4.32. The van der Waals surface area contributed by atoms with Gasteiger partial charge in [0.15, 0.2) is 0 Å². The number of nitrogen functional groups attached to an aromatic ring is 1. The standard InChI is InChI=1S/C11H17N3/c1-4-5-6-13-11-7-9(2)10(12)8-14(11)3/h5-8H,4,12H2,1-3H3/b6-5-,13-11?. The van der Waals surface area contributed by atoms with Gasteiger partial charge in [0.1, 0.15) is 5.49 Å². The lowest BCUT2D eigenvalue weighted by atomic mass is 10.2. The topological polar surface area (TPSA) is 43.3 Å². The van der Waals surface area contributed by atoms with Crippen LogP contribution in [-0.4, -0.2) is 4.57 Å². The first-order chi connectivity index (χ1) is 6.65. The van der Waals surface area contributed by atoms with E-state index in [0.29, 0.717) is 0 Å². The van der Waals surface area contributed by atoms with Crippen LogP contribution in [0.5, 0.6) is 0 Å². The minimum absolute atomic E-state index is 0.797. The summed E-state index contributed by atoms with van der Waals surface area (Å²) in [5.74, 6) is 0. The van der Waals surface area contributed by atoms with Crippen molar-refractivity contribution < 1.29 is 0 Å². The second kappa shape index (κ2) is 4.65. The van der Waals surface area contributed by atoms with Crippen LogP contribution in [0.15, 0.2) is 29.5 Å². The fraction of sp³-hybridized carbons (Fsp3) is 0.364. The largest absolute Gasteiger partial charge is 0.397 e. The van der Waals surface area contributed by atoms with E-state index in [4.69, 9.17) is 5.73 Å². The van der Waals surface area contributed by atoms with Crippen molar-refractivity contribution in [2.45, 2.75) is 20.3 Å². The first-order valence-corrected chi connectivity index (χ1v) is 4.76. The first-order valence-electron chi connectivity index (χ1n) is 4.76. The van der Waals surface area contributed by atoms with Gasteiger partial charge in [-0.2, -0.15) is 0 Å². The molecule has 76 valence electrons. The predicted molar refractivity (Wildman–Crippen MR) is 59.6 cm³/mol. The lowest BCUT2D eigenvalue weighted by Crippen LogP contribution is -2.18. The third-order valence-corrected chi connectivity index (χ3v) is 2.04. The number of aryl methyl sites for hydroxylation is 2. The zero-order chi connectivity index (χ0) is 10.6. The van der Waals surface area contributed by atoms with Crippen LogP contribution in [0.4, 0.5) is 5.69 Å². The molecule has 0 amide bonds. The smallest absolute Gasteiger partial charge is 0.132 e. The zero-order valence-electron chi connectivity index (χ0n) is 8.99. The van der Waals surface area contributed by atoms with Gasteiger partial charge in [-0.3, -0.25) is 0 Å². The molecule has 14 heavy (non-hydrogen) atoms. The number of aromatic nitrogens is 1. The van der Waals surface area contributed by atoms with Crippen molar-refractivity contribution in [3.63, 3.8) is 0 Å². The highest BCUT2D eigenvalue weighted by atomic mass is 15.0. The minimum atomic E-state index is 0.797. The molecule has 0 atom stereocenters. The highest BCUT2D eigenvalue weighted by Gasteiger charge is 1.93. The van der Waals surface area contributed by atoms with Crippen LogP contribution in [0, 0.1) is 6.92 Å². The molecular formula is C11H17N3. The summed E-state index contributed by atoms with van der Waals surface area (Å²) in [5.41, 5.74) is 8.54. The Balaban J connectivity index is 3.15. The first kappa shape index (κ1) is 10.6. The molecule has 0 aliphatic carbocycles. The number of hydrogen-bond donors (Lipinski definition) is 1. The normalized spacial score (nSPS) is 12.6. The van der Waals surface area contributed by atoms with Crippen molar-refractivity contribution in [3.8, 4) is 0 Å². The molecule has 0 spiro atoms. The maximum absolute atomic E-state index is 5.76. The van der Waals surface area contributed by atoms with Gasteiger partial charge in [-0.25, -0.2) is 4.99 Å². The van der Waals surface area contributed by atoms with E-state index in [1.165, 1.54) is 0 Å². The molecule has 0 saturated carbocycles. The van der Waals surface area contributed by atoms with Crippen LogP contribution >= 0.6 is 0 Å². The monoisotopic (exact) mass is 191 g/mol. The van der Waals surface area contributed by atoms with Gasteiger partial charge >= 0.3 is 0 Å². The maximum Gasteiger partial charge on any atom is 0.132 e. The fourth-order valence-corrected chi connectivity index (χ4v) is 1.12. The van der Waals surface area contributed by atoms with Gasteiger partial charge in [0.05, 0.1) is 5.69 Å². The molecule has 1 aromatic rings. The molecule has 3 nitrogen and oxygen atoms in total. The van der Waals surface area contributed by atoms with Crippen molar-refractivity contribution in [1.82, 2.24) is 4.57 Å². The maximum atomic E-state index is 5.76. The van der Waals surface area contributed by atoms with Crippen molar-refractivity contribution >= 4 is 5.69 Å². The quantitative estimate of drug-likeness (QED) is 0.760. The highest BCUT2D eigenvalue weighted by molar-refractivity contribution is 5.42. The number of hydrogen-bond acceptors (Lipinski definition) is 2. The molecule has 1 rings (SSSR count). The van der Waals surface area contributed by atoms with Crippen LogP contribution in [0.25, 0.3) is 0 Å². The second-order valence-electron chi connectivity index (χ2n) is 3.30. The summed E-state index contributed by atoms with van der Waals surface area (Å²) in [5, 5.41) is 0. The Morgan fingerprint density at radius 2 is 2.29 bits per heavy atom. The lowest BCUT2D eigenvalue weighted by Gasteiger charge is -2.03. The van der Waals surface area contributed by atoms with Crippen molar-refractivity contribution in [1.29, 1.82) is 0 Å². The van der Waals surface area contributed by atoms with Crippen LogP contribution in [-0.2, 0) is 7.05 Å². The average molecular weight is 191 g/mol. The summed E-state index contributed by atoms with van der Waals surface area (Å²) >= 11 is 0. The Hall–Kier alpha value is -1.51. The van der Waals surface area contributed by atoms with Crippen molar-refractivity contribution in [2.75, 3.05) is 5.73 Å². The van der Waals surface area contributed by atoms with Crippen LogP contribution in [0.3, 0.4) is 0 Å². The molecule has 0 aliphatic heterocycles. The van der Waals surface area contributed by atoms with Gasteiger partial charge in [-0.05, 0) is 25.0 Å². The van der Waals surface area contributed by atoms with E-state index in [-0.39, 0.29) is 0 Å². The number of anilines is 1. The molecule has 1 aromatic heterocycles. The number of nitrogens with two attached hydrogens (primary N) is 1. The van der Waals surface area contributed by atoms with Gasteiger partial charge in [0, 0.05) is 19.4 Å². The SMILES string of the molecule is CC/C=C\N=c1cc(C)c(N)cn1C. The fourth-order valence-electron chi connectivity index (χ4n) is 1.12. The highest BCUT2D eigenvalue weighted by Crippen LogP contribution is 2.04. The van der Waals surface area contributed by atoms with E-state index in [9.17, 15) is 0 Å².